The molecule has 0 saturated heterocycles. The molecule has 0 radical (unpaired) electrons. The van der Waals surface area contributed by atoms with Crippen LogP contribution in [-0.4, -0.2) is 24.8 Å². The van der Waals surface area contributed by atoms with Crippen molar-refractivity contribution in [3.8, 4) is 0 Å². The van der Waals surface area contributed by atoms with Gasteiger partial charge < -0.3 is 9.05 Å². The van der Waals surface area contributed by atoms with Gasteiger partial charge >= 0.3 is 13.6 Å². The fourth-order valence-corrected chi connectivity index (χ4v) is 2.35. The Labute approximate surface area is 82.0 Å². The highest BCUT2D eigenvalue weighted by Crippen LogP contribution is 2.53. The molecule has 0 aromatic rings. The van der Waals surface area contributed by atoms with E-state index in [1.807, 2.05) is 0 Å². The number of halogens is 1. The summed E-state index contributed by atoms with van der Waals surface area (Å²) in [5.74, 6) is -1.25. The predicted octanol–water partition coefficient (Wildman–Crippen LogP) is 2.07. The van der Waals surface area contributed by atoms with E-state index in [9.17, 15) is 13.9 Å². The van der Waals surface area contributed by atoms with Crippen LogP contribution in [0, 0.1) is 0 Å². The molecule has 0 spiro atoms. The fraction of sp³-hybridized carbons (Fsp3) is 0.857. The van der Waals surface area contributed by atoms with E-state index < -0.39 is 19.2 Å². The lowest BCUT2D eigenvalue weighted by Gasteiger charge is -2.20. The van der Waals surface area contributed by atoms with Crippen LogP contribution in [0.15, 0.2) is 0 Å². The summed E-state index contributed by atoms with van der Waals surface area (Å²) >= 11 is 0. The van der Waals surface area contributed by atoms with Crippen LogP contribution in [-0.2, 0) is 23.3 Å². The van der Waals surface area contributed by atoms with Crippen LogP contribution < -0.4 is 0 Å². The van der Waals surface area contributed by atoms with E-state index in [1.54, 1.807) is 13.8 Å². The van der Waals surface area contributed by atoms with Gasteiger partial charge in [0.05, 0.1) is 13.2 Å². The molecular formula is C7H14FO5P. The molecule has 0 amide bonds. The second-order valence-corrected chi connectivity index (χ2v) is 4.82. The van der Waals surface area contributed by atoms with E-state index in [0.717, 1.165) is 0 Å². The molecule has 1 unspecified atom stereocenters. The smallest absolute Gasteiger partial charge is 0.308 e. The number of carbonyl (C=O) groups excluding carboxylic acids is 1. The summed E-state index contributed by atoms with van der Waals surface area (Å²) in [6.07, 6.45) is 0. The Hall–Kier alpha value is -0.450. The molecule has 84 valence electrons. The molecule has 0 N–H and O–H groups in total. The molecule has 5 nitrogen and oxygen atoms in total. The third kappa shape index (κ3) is 3.36. The largest absolute Gasteiger partial charge is 0.363 e. The number of rotatable bonds is 6. The zero-order valence-electron chi connectivity index (χ0n) is 8.36. The Kier molecular flexibility index (Phi) is 5.92. The van der Waals surface area contributed by atoms with Crippen molar-refractivity contribution in [3.05, 3.63) is 0 Å². The summed E-state index contributed by atoms with van der Waals surface area (Å²) in [6.45, 7) is 4.65. The van der Waals surface area contributed by atoms with E-state index in [-0.39, 0.29) is 13.2 Å². The predicted molar refractivity (Wildman–Crippen MR) is 47.5 cm³/mol. The molecule has 0 bridgehead atoms. The highest BCUT2D eigenvalue weighted by molar-refractivity contribution is 7.55. The third-order valence-corrected chi connectivity index (χ3v) is 3.91. The Morgan fingerprint density at radius 2 is 1.79 bits per heavy atom. The third-order valence-electron chi connectivity index (χ3n) is 1.51. The summed E-state index contributed by atoms with van der Waals surface area (Å²) in [5.41, 5.74) is -1.26. The maximum atomic E-state index is 11.8. The molecule has 0 saturated carbocycles. The van der Waals surface area contributed by atoms with Crippen molar-refractivity contribution < 1.29 is 27.9 Å². The molecule has 14 heavy (non-hydrogen) atoms. The van der Waals surface area contributed by atoms with Gasteiger partial charge in [0.25, 0.3) is 0 Å². The summed E-state index contributed by atoms with van der Waals surface area (Å²) in [6, 6.07) is 0. The van der Waals surface area contributed by atoms with Gasteiger partial charge in [-0.15, -0.1) is 0 Å². The van der Waals surface area contributed by atoms with E-state index in [1.165, 1.54) is 6.92 Å². The molecule has 0 rings (SSSR count). The summed E-state index contributed by atoms with van der Waals surface area (Å²) in [7, 11) is -3.60. The molecule has 0 fully saturated rings. The van der Waals surface area contributed by atoms with Gasteiger partial charge in [-0.2, -0.15) is 0 Å². The molecule has 0 aromatic heterocycles. The Bertz CT molecular complexity index is 222. The molecule has 7 heteroatoms. The lowest BCUT2D eigenvalue weighted by molar-refractivity contribution is -0.183. The minimum Gasteiger partial charge on any atom is -0.308 e. The van der Waals surface area contributed by atoms with E-state index in [4.69, 9.17) is 9.05 Å². The second kappa shape index (κ2) is 6.11. The molecule has 0 aromatic carbocycles. The van der Waals surface area contributed by atoms with Crippen molar-refractivity contribution in [1.82, 2.24) is 0 Å². The average molecular weight is 228 g/mol. The van der Waals surface area contributed by atoms with Crippen LogP contribution in [0.25, 0.3) is 0 Å². The SMILES string of the molecule is CCOP(=O)(OCC)C(C)C(=O)OF. The van der Waals surface area contributed by atoms with Crippen LogP contribution in [0.4, 0.5) is 4.53 Å². The number of hydrogen-bond donors (Lipinski definition) is 0. The van der Waals surface area contributed by atoms with Gasteiger partial charge in [-0.05, 0) is 20.8 Å². The first-order valence-electron chi connectivity index (χ1n) is 4.23. The lowest BCUT2D eigenvalue weighted by Crippen LogP contribution is -2.20. The van der Waals surface area contributed by atoms with E-state index in [2.05, 4.69) is 4.94 Å². The van der Waals surface area contributed by atoms with E-state index >= 15 is 0 Å². The zero-order chi connectivity index (χ0) is 11.2. The van der Waals surface area contributed by atoms with Gasteiger partial charge in [0.15, 0.2) is 5.66 Å². The fourth-order valence-electron chi connectivity index (χ4n) is 0.814. The molecule has 0 heterocycles. The van der Waals surface area contributed by atoms with Crippen LogP contribution in [0.5, 0.6) is 0 Å². The van der Waals surface area contributed by atoms with Gasteiger partial charge in [0.2, 0.25) is 0 Å². The molecule has 1 atom stereocenters. The topological polar surface area (TPSA) is 61.8 Å². The summed E-state index contributed by atoms with van der Waals surface area (Å²) < 4.78 is 33.0. The summed E-state index contributed by atoms with van der Waals surface area (Å²) in [4.78, 5) is 13.8. The molecular weight excluding hydrogens is 214 g/mol. The first-order chi connectivity index (χ1) is 6.51. The van der Waals surface area contributed by atoms with Gasteiger partial charge in [0, 0.05) is 4.53 Å². The highest BCUT2D eigenvalue weighted by Gasteiger charge is 2.39. The lowest BCUT2D eigenvalue weighted by atomic mass is 10.5. The number of carbonyl (C=O) groups is 1. The zero-order valence-corrected chi connectivity index (χ0v) is 9.25. The van der Waals surface area contributed by atoms with Crippen molar-refractivity contribution in [2.45, 2.75) is 26.4 Å². The van der Waals surface area contributed by atoms with Crippen molar-refractivity contribution >= 4 is 13.6 Å². The Morgan fingerprint density at radius 1 is 1.36 bits per heavy atom. The van der Waals surface area contributed by atoms with Crippen molar-refractivity contribution in [3.63, 3.8) is 0 Å². The van der Waals surface area contributed by atoms with Crippen LogP contribution >= 0.6 is 7.60 Å². The highest BCUT2D eigenvalue weighted by atomic mass is 31.2. The first-order valence-corrected chi connectivity index (χ1v) is 5.84. The maximum Gasteiger partial charge on any atom is 0.363 e. The van der Waals surface area contributed by atoms with Crippen molar-refractivity contribution in [2.75, 3.05) is 13.2 Å². The van der Waals surface area contributed by atoms with Crippen molar-refractivity contribution in [1.29, 1.82) is 0 Å². The van der Waals surface area contributed by atoms with Crippen LogP contribution in [0.1, 0.15) is 20.8 Å². The van der Waals surface area contributed by atoms with Gasteiger partial charge in [-0.3, -0.25) is 9.51 Å². The minimum atomic E-state index is -3.60. The quantitative estimate of drug-likeness (QED) is 0.651. The van der Waals surface area contributed by atoms with Gasteiger partial charge in [-0.1, -0.05) is 0 Å². The number of hydrogen-bond acceptors (Lipinski definition) is 5. The van der Waals surface area contributed by atoms with E-state index in [0.29, 0.717) is 0 Å². The van der Waals surface area contributed by atoms with Crippen LogP contribution in [0.3, 0.4) is 0 Å². The Morgan fingerprint density at radius 3 is 2.07 bits per heavy atom. The van der Waals surface area contributed by atoms with Crippen molar-refractivity contribution in [2.24, 2.45) is 0 Å². The first kappa shape index (κ1) is 13.5. The van der Waals surface area contributed by atoms with Gasteiger partial charge in [0.1, 0.15) is 0 Å². The standard InChI is InChI=1S/C7H14FO5P/c1-4-11-14(10,12-5-2)6(3)7(9)13-8/h6H,4-5H2,1-3H3. The minimum absolute atomic E-state index is 0.112. The molecule has 0 aliphatic heterocycles. The Balaban J connectivity index is 4.63. The monoisotopic (exact) mass is 228 g/mol. The summed E-state index contributed by atoms with van der Waals surface area (Å²) in [5, 5.41) is 0. The van der Waals surface area contributed by atoms with Crippen LogP contribution in [0.2, 0.25) is 0 Å². The van der Waals surface area contributed by atoms with Gasteiger partial charge in [-0.25, -0.2) is 4.79 Å². The molecule has 0 aliphatic rings. The maximum absolute atomic E-state index is 11.8. The normalized spacial score (nSPS) is 13.7. The average Bonchev–Trinajstić information content (AvgIpc) is 2.16. The second-order valence-electron chi connectivity index (χ2n) is 2.45. The molecule has 0 aliphatic carbocycles.